The van der Waals surface area contributed by atoms with Gasteiger partial charge < -0.3 is 10.1 Å². The van der Waals surface area contributed by atoms with Crippen molar-refractivity contribution in [2.75, 3.05) is 19.0 Å². The largest absolute Gasteiger partial charge is 0.497 e. The smallest absolute Gasteiger partial charge is 0.239 e. The standard InChI is InChI=1S/C23H23N7O3/c1-13-23(28-33-27-13)25-22(31)12-29-15-5-8-19(29)17-11-24-21-10-18(26-30(21)20(17)9-15)14-3-6-16(32-2)7-4-14/h3-4,6-7,10-11,15,19H,5,8-9,12H2,1-2H3,(H,25,28,31). The normalized spacial score (nSPS) is 19.6. The van der Waals surface area contributed by atoms with Gasteiger partial charge in [-0.05, 0) is 49.2 Å². The van der Waals surface area contributed by atoms with E-state index in [1.54, 1.807) is 14.0 Å². The van der Waals surface area contributed by atoms with E-state index in [1.165, 1.54) is 5.69 Å². The van der Waals surface area contributed by atoms with Gasteiger partial charge in [-0.1, -0.05) is 5.16 Å². The molecule has 2 unspecified atom stereocenters. The van der Waals surface area contributed by atoms with Crippen LogP contribution in [0.4, 0.5) is 5.82 Å². The van der Waals surface area contributed by atoms with Crippen molar-refractivity contribution in [2.45, 2.75) is 38.3 Å². The number of aromatic nitrogens is 5. The number of carbonyl (C=O) groups excluding carboxylic acids is 1. The maximum Gasteiger partial charge on any atom is 0.239 e. The van der Waals surface area contributed by atoms with Crippen molar-refractivity contribution < 1.29 is 14.2 Å². The Morgan fingerprint density at radius 2 is 2.09 bits per heavy atom. The Morgan fingerprint density at radius 1 is 1.24 bits per heavy atom. The van der Waals surface area contributed by atoms with Crippen molar-refractivity contribution >= 4 is 17.4 Å². The van der Waals surface area contributed by atoms with Crippen molar-refractivity contribution in [3.8, 4) is 17.0 Å². The second kappa shape index (κ2) is 7.66. The first-order chi connectivity index (χ1) is 16.1. The van der Waals surface area contributed by atoms with Crippen LogP contribution in [0, 0.1) is 6.92 Å². The number of hydrogen-bond donors (Lipinski definition) is 1. The van der Waals surface area contributed by atoms with Crippen molar-refractivity contribution in [3.63, 3.8) is 0 Å². The van der Waals surface area contributed by atoms with E-state index >= 15 is 0 Å². The topological polar surface area (TPSA) is 111 Å². The van der Waals surface area contributed by atoms with Crippen molar-refractivity contribution in [2.24, 2.45) is 0 Å². The fourth-order valence-corrected chi connectivity index (χ4v) is 5.01. The lowest BCUT2D eigenvalue weighted by atomic mass is 9.99. The lowest BCUT2D eigenvalue weighted by Crippen LogP contribution is -2.43. The molecule has 0 spiro atoms. The molecule has 2 bridgehead atoms. The van der Waals surface area contributed by atoms with Crippen LogP contribution in [0.3, 0.4) is 0 Å². The van der Waals surface area contributed by atoms with E-state index in [4.69, 9.17) is 14.8 Å². The van der Waals surface area contributed by atoms with Gasteiger partial charge in [0.1, 0.15) is 11.4 Å². The zero-order valence-corrected chi connectivity index (χ0v) is 18.4. The zero-order chi connectivity index (χ0) is 22.5. The third-order valence-corrected chi connectivity index (χ3v) is 6.67. The van der Waals surface area contributed by atoms with Gasteiger partial charge in [0.25, 0.3) is 0 Å². The average molecular weight is 445 g/mol. The number of nitrogens with zero attached hydrogens (tertiary/aromatic N) is 6. The van der Waals surface area contributed by atoms with Gasteiger partial charge in [0.2, 0.25) is 5.91 Å². The molecule has 0 aliphatic carbocycles. The van der Waals surface area contributed by atoms with Gasteiger partial charge in [-0.3, -0.25) is 9.69 Å². The molecule has 1 aromatic carbocycles. The van der Waals surface area contributed by atoms with Crippen molar-refractivity contribution in [1.29, 1.82) is 0 Å². The van der Waals surface area contributed by atoms with Gasteiger partial charge in [0, 0.05) is 41.9 Å². The molecule has 1 saturated heterocycles. The third kappa shape index (κ3) is 3.34. The zero-order valence-electron chi connectivity index (χ0n) is 18.4. The molecule has 2 aliphatic rings. The van der Waals surface area contributed by atoms with Crippen LogP contribution in [0.2, 0.25) is 0 Å². The van der Waals surface area contributed by atoms with E-state index in [1.807, 2.05) is 41.0 Å². The highest BCUT2D eigenvalue weighted by Crippen LogP contribution is 2.43. The molecule has 33 heavy (non-hydrogen) atoms. The summed E-state index contributed by atoms with van der Waals surface area (Å²) in [6.45, 7) is 2.03. The molecule has 2 atom stereocenters. The number of rotatable bonds is 5. The maximum absolute atomic E-state index is 12.7. The van der Waals surface area contributed by atoms with E-state index in [0.717, 1.165) is 47.5 Å². The van der Waals surface area contributed by atoms with E-state index in [2.05, 4.69) is 25.2 Å². The second-order valence-corrected chi connectivity index (χ2v) is 8.56. The van der Waals surface area contributed by atoms with Gasteiger partial charge >= 0.3 is 0 Å². The molecule has 5 heterocycles. The summed E-state index contributed by atoms with van der Waals surface area (Å²) in [4.78, 5) is 19.6. The first-order valence-electron chi connectivity index (χ1n) is 11.0. The summed E-state index contributed by atoms with van der Waals surface area (Å²) in [7, 11) is 1.66. The van der Waals surface area contributed by atoms with E-state index in [9.17, 15) is 4.79 Å². The number of carbonyl (C=O) groups is 1. The molecule has 0 radical (unpaired) electrons. The number of aryl methyl sites for hydroxylation is 1. The SMILES string of the molecule is COc1ccc(-c2cc3ncc4c(n3n2)CC2CCC4N2CC(=O)Nc2nonc2C)cc1. The molecule has 4 aromatic rings. The predicted molar refractivity (Wildman–Crippen MR) is 119 cm³/mol. The minimum atomic E-state index is -0.121. The van der Waals surface area contributed by atoms with Crippen LogP contribution >= 0.6 is 0 Å². The van der Waals surface area contributed by atoms with Gasteiger partial charge in [-0.25, -0.2) is 14.1 Å². The summed E-state index contributed by atoms with van der Waals surface area (Å²) < 4.78 is 11.9. The van der Waals surface area contributed by atoms with Crippen LogP contribution < -0.4 is 10.1 Å². The monoisotopic (exact) mass is 445 g/mol. The first kappa shape index (κ1) is 19.9. The number of benzene rings is 1. The number of anilines is 1. The van der Waals surface area contributed by atoms with Crippen LogP contribution in [0.25, 0.3) is 16.9 Å². The van der Waals surface area contributed by atoms with Crippen LogP contribution in [-0.4, -0.2) is 55.4 Å². The molecule has 6 rings (SSSR count). The van der Waals surface area contributed by atoms with Crippen LogP contribution in [0.1, 0.15) is 35.8 Å². The lowest BCUT2D eigenvalue weighted by molar-refractivity contribution is -0.118. The van der Waals surface area contributed by atoms with Crippen molar-refractivity contribution in [1.82, 2.24) is 29.8 Å². The van der Waals surface area contributed by atoms with Gasteiger partial charge in [0.15, 0.2) is 11.5 Å². The van der Waals surface area contributed by atoms with E-state index in [-0.39, 0.29) is 24.5 Å². The maximum atomic E-state index is 12.7. The molecule has 2 aliphatic heterocycles. The highest BCUT2D eigenvalue weighted by atomic mass is 16.6. The second-order valence-electron chi connectivity index (χ2n) is 8.56. The Morgan fingerprint density at radius 3 is 2.85 bits per heavy atom. The Labute approximate surface area is 189 Å². The minimum Gasteiger partial charge on any atom is -0.497 e. The fourth-order valence-electron chi connectivity index (χ4n) is 5.01. The number of nitrogens with one attached hydrogen (secondary N) is 1. The predicted octanol–water partition coefficient (Wildman–Crippen LogP) is 2.80. The van der Waals surface area contributed by atoms with Crippen LogP contribution in [0.15, 0.2) is 41.2 Å². The number of amides is 1. The van der Waals surface area contributed by atoms with Gasteiger partial charge in [-0.15, -0.1) is 0 Å². The Kier molecular flexibility index (Phi) is 4.61. The number of ether oxygens (including phenoxy) is 1. The molecule has 10 heteroatoms. The number of methoxy groups -OCH3 is 1. The molecule has 1 amide bonds. The molecule has 10 nitrogen and oxygen atoms in total. The Hall–Kier alpha value is -3.79. The van der Waals surface area contributed by atoms with Crippen LogP contribution in [0.5, 0.6) is 5.75 Å². The summed E-state index contributed by atoms with van der Waals surface area (Å²) in [5.41, 5.74) is 5.62. The molecule has 1 N–H and O–H groups in total. The summed E-state index contributed by atoms with van der Waals surface area (Å²) in [5.74, 6) is 1.06. The van der Waals surface area contributed by atoms with Gasteiger partial charge in [0.05, 0.1) is 25.0 Å². The lowest BCUT2D eigenvalue weighted by Gasteiger charge is -2.35. The quantitative estimate of drug-likeness (QED) is 0.499. The van der Waals surface area contributed by atoms with E-state index in [0.29, 0.717) is 11.5 Å². The Bertz CT molecular complexity index is 1340. The summed E-state index contributed by atoms with van der Waals surface area (Å²) >= 11 is 0. The molecular formula is C23H23N7O3. The molecule has 0 saturated carbocycles. The Balaban J connectivity index is 1.28. The third-order valence-electron chi connectivity index (χ3n) is 6.67. The average Bonchev–Trinajstić information content (AvgIpc) is 3.51. The van der Waals surface area contributed by atoms with Gasteiger partial charge in [-0.2, -0.15) is 5.10 Å². The van der Waals surface area contributed by atoms with E-state index < -0.39 is 0 Å². The van der Waals surface area contributed by atoms with Crippen LogP contribution in [-0.2, 0) is 11.2 Å². The summed E-state index contributed by atoms with van der Waals surface area (Å²) in [6.07, 6.45) is 4.81. The fraction of sp³-hybridized carbons (Fsp3) is 0.348. The number of hydrogen-bond acceptors (Lipinski definition) is 8. The summed E-state index contributed by atoms with van der Waals surface area (Å²) in [5, 5.41) is 15.1. The highest BCUT2D eigenvalue weighted by molar-refractivity contribution is 5.91. The highest BCUT2D eigenvalue weighted by Gasteiger charge is 2.42. The van der Waals surface area contributed by atoms with Crippen molar-refractivity contribution in [3.05, 3.63) is 53.5 Å². The molecule has 1 fully saturated rings. The first-order valence-corrected chi connectivity index (χ1v) is 11.0. The molecule has 168 valence electrons. The summed E-state index contributed by atoms with van der Waals surface area (Å²) in [6, 6.07) is 10.3. The molecular weight excluding hydrogens is 422 g/mol. The number of fused-ring (bicyclic) bond motifs is 6. The molecule has 3 aromatic heterocycles. The minimum absolute atomic E-state index is 0.121.